The molecule has 1 aliphatic rings. The van der Waals surface area contributed by atoms with Crippen LogP contribution in [0.15, 0.2) is 27.9 Å². The second kappa shape index (κ2) is 11.1. The lowest BCUT2D eigenvalue weighted by atomic mass is 10.1. The molecule has 0 saturated carbocycles. The van der Waals surface area contributed by atoms with Gasteiger partial charge in [-0.25, -0.2) is 18.1 Å². The molecule has 0 aliphatic carbocycles. The molecule has 36 heavy (non-hydrogen) atoms. The average Bonchev–Trinajstić information content (AvgIpc) is 3.57. The number of aryl methyl sites for hydroxylation is 2. The highest BCUT2D eigenvalue weighted by molar-refractivity contribution is 7.89. The van der Waals surface area contributed by atoms with Crippen LogP contribution in [0.1, 0.15) is 62.6 Å². The molecular weight excluding hydrogens is 480 g/mol. The summed E-state index contributed by atoms with van der Waals surface area (Å²) in [6.07, 6.45) is 0.0530. The molecule has 3 heterocycles. The van der Waals surface area contributed by atoms with Crippen molar-refractivity contribution in [3.63, 3.8) is 0 Å². The third-order valence-corrected chi connectivity index (χ3v) is 7.46. The van der Waals surface area contributed by atoms with Gasteiger partial charge >= 0.3 is 0 Å². The number of fused-ring (bicyclic) bond motifs is 1. The largest absolute Gasteiger partial charge is 0.493 e. The molecule has 0 spiro atoms. The van der Waals surface area contributed by atoms with E-state index in [0.29, 0.717) is 36.9 Å². The standard InChI is InChI=1S/C25H36N6O4S/c1-5-8-20-22-23(31(4)29-20)25(32)28-24(27-22)19-16-18(10-11-21(19)35-15-6-2)36(33,34)26-13-12-17-9-7-14-30(17)3/h10-11,16-17,26H,5-9,12-15H2,1-4H3,(H,27,28,32)/i3D3,4D3,8D2. The van der Waals surface area contributed by atoms with E-state index in [-0.39, 0.29) is 58.9 Å². The maximum Gasteiger partial charge on any atom is 0.277 e. The Hall–Kier alpha value is -2.76. The molecule has 10 nitrogen and oxygen atoms in total. The van der Waals surface area contributed by atoms with Crippen LogP contribution in [-0.2, 0) is 23.4 Å². The molecule has 2 N–H and O–H groups in total. The molecule has 1 unspecified atom stereocenters. The SMILES string of the molecule is [2H]C([2H])(CC)c1nn(C([2H])([2H])[2H])c2c(=O)[nH]c(-c3cc(S(=O)(=O)NCCC4CCCN4C([2H])([2H])[2H])ccc3OCCC)nc12. The van der Waals surface area contributed by atoms with Gasteiger partial charge in [0.25, 0.3) is 5.56 Å². The van der Waals surface area contributed by atoms with Gasteiger partial charge in [-0.1, -0.05) is 20.3 Å². The highest BCUT2D eigenvalue weighted by atomic mass is 32.2. The highest BCUT2D eigenvalue weighted by Gasteiger charge is 2.23. The molecule has 1 atom stereocenters. The monoisotopic (exact) mass is 524 g/mol. The Labute approximate surface area is 223 Å². The molecule has 0 amide bonds. The first kappa shape index (κ1) is 17.7. The molecule has 1 aromatic carbocycles. The molecular formula is C25H36N6O4S. The summed E-state index contributed by atoms with van der Waals surface area (Å²) in [5.74, 6) is 0.0269. The van der Waals surface area contributed by atoms with Crippen molar-refractivity contribution in [1.29, 1.82) is 0 Å². The third-order valence-electron chi connectivity index (χ3n) is 6.00. The summed E-state index contributed by atoms with van der Waals surface area (Å²) in [5, 5.41) is 3.94. The van der Waals surface area contributed by atoms with Crippen molar-refractivity contribution in [3.8, 4) is 17.1 Å². The Kier molecular flexibility index (Phi) is 5.44. The van der Waals surface area contributed by atoms with Gasteiger partial charge in [-0.2, -0.15) is 5.10 Å². The van der Waals surface area contributed by atoms with Gasteiger partial charge in [0.2, 0.25) is 10.0 Å². The van der Waals surface area contributed by atoms with Crippen LogP contribution >= 0.6 is 0 Å². The lowest BCUT2D eigenvalue weighted by Gasteiger charge is -2.19. The predicted octanol–water partition coefficient (Wildman–Crippen LogP) is 2.83. The van der Waals surface area contributed by atoms with Gasteiger partial charge in [-0.3, -0.25) is 9.48 Å². The van der Waals surface area contributed by atoms with E-state index in [0.717, 1.165) is 0 Å². The molecule has 2 aromatic heterocycles. The van der Waals surface area contributed by atoms with Gasteiger partial charge in [0.15, 0.2) is 5.52 Å². The normalized spacial score (nSPS) is 21.1. The van der Waals surface area contributed by atoms with Crippen molar-refractivity contribution in [2.45, 2.75) is 63.3 Å². The van der Waals surface area contributed by atoms with Crippen LogP contribution in [0.3, 0.4) is 0 Å². The molecule has 1 aliphatic heterocycles. The molecule has 11 heteroatoms. The Morgan fingerprint density at radius 3 is 2.92 bits per heavy atom. The molecule has 0 bridgehead atoms. The lowest BCUT2D eigenvalue weighted by Crippen LogP contribution is -2.31. The summed E-state index contributed by atoms with van der Waals surface area (Å²) in [6.45, 7) is -1.08. The third kappa shape index (κ3) is 5.47. The fraction of sp³-hybridized carbons (Fsp3) is 0.560. The van der Waals surface area contributed by atoms with Gasteiger partial charge in [0.1, 0.15) is 17.1 Å². The summed E-state index contributed by atoms with van der Waals surface area (Å²) < 4.78 is 98.8. The maximum atomic E-state index is 13.3. The number of benzene rings is 1. The van der Waals surface area contributed by atoms with Crippen LogP contribution in [0.2, 0.25) is 0 Å². The van der Waals surface area contributed by atoms with Crippen LogP contribution < -0.4 is 15.0 Å². The minimum atomic E-state index is -4.11. The first-order valence-corrected chi connectivity index (χ1v) is 13.5. The topological polar surface area (TPSA) is 122 Å². The van der Waals surface area contributed by atoms with Crippen molar-refractivity contribution in [3.05, 3.63) is 34.2 Å². The number of nitrogens with zero attached hydrogens (tertiary/aromatic N) is 4. The van der Waals surface area contributed by atoms with Gasteiger partial charge in [0.05, 0.1) is 22.8 Å². The quantitative estimate of drug-likeness (QED) is 0.395. The average molecular weight is 525 g/mol. The van der Waals surface area contributed by atoms with Gasteiger partial charge in [0, 0.05) is 30.5 Å². The smallest absolute Gasteiger partial charge is 0.277 e. The maximum absolute atomic E-state index is 13.3. The molecule has 4 rings (SSSR count). The summed E-state index contributed by atoms with van der Waals surface area (Å²) in [7, 11) is -4.11. The van der Waals surface area contributed by atoms with E-state index < -0.39 is 41.4 Å². The molecule has 1 saturated heterocycles. The first-order valence-electron chi connectivity index (χ1n) is 16.0. The summed E-state index contributed by atoms with van der Waals surface area (Å²) in [6, 6.07) is 3.70. The van der Waals surface area contributed by atoms with Crippen LogP contribution in [0.25, 0.3) is 22.4 Å². The van der Waals surface area contributed by atoms with E-state index in [1.165, 1.54) is 23.1 Å². The van der Waals surface area contributed by atoms with Crippen molar-refractivity contribution in [2.75, 3.05) is 26.7 Å². The fourth-order valence-corrected chi connectivity index (χ4v) is 5.29. The van der Waals surface area contributed by atoms with E-state index in [4.69, 9.17) is 15.7 Å². The number of ether oxygens (including phenoxy) is 1. The van der Waals surface area contributed by atoms with Crippen molar-refractivity contribution >= 4 is 21.1 Å². The lowest BCUT2D eigenvalue weighted by molar-refractivity contribution is 0.297. The van der Waals surface area contributed by atoms with Crippen molar-refractivity contribution in [2.24, 2.45) is 6.98 Å². The Morgan fingerprint density at radius 1 is 1.31 bits per heavy atom. The molecule has 1 fully saturated rings. The number of aromatic nitrogens is 4. The Morgan fingerprint density at radius 2 is 2.17 bits per heavy atom. The van der Waals surface area contributed by atoms with E-state index in [9.17, 15) is 13.2 Å². The minimum absolute atomic E-state index is 0.00614. The number of sulfonamides is 1. The number of nitrogens with one attached hydrogen (secondary N) is 2. The van der Waals surface area contributed by atoms with Crippen molar-refractivity contribution in [1.82, 2.24) is 29.4 Å². The van der Waals surface area contributed by atoms with Crippen molar-refractivity contribution < 1.29 is 24.1 Å². The number of hydrogen-bond donors (Lipinski definition) is 2. The Balaban J connectivity index is 1.76. The number of aromatic amines is 1. The number of hydrogen-bond acceptors (Lipinski definition) is 7. The van der Waals surface area contributed by atoms with Gasteiger partial charge in [-0.15, -0.1) is 0 Å². The second-order valence-electron chi connectivity index (χ2n) is 8.58. The molecule has 196 valence electrons. The number of rotatable bonds is 11. The fourth-order valence-electron chi connectivity index (χ4n) is 4.22. The zero-order valence-corrected chi connectivity index (χ0v) is 21.1. The van der Waals surface area contributed by atoms with Crippen LogP contribution in [0, 0.1) is 0 Å². The Bertz CT molecular complexity index is 1670. The summed E-state index contributed by atoms with van der Waals surface area (Å²) >= 11 is 0. The molecule has 3 aromatic rings. The van der Waals surface area contributed by atoms with Gasteiger partial charge < -0.3 is 14.6 Å². The zero-order chi connectivity index (χ0) is 32.7. The summed E-state index contributed by atoms with van der Waals surface area (Å²) in [5.41, 5.74) is -1.88. The van der Waals surface area contributed by atoms with E-state index in [2.05, 4.69) is 19.8 Å². The zero-order valence-electron chi connectivity index (χ0n) is 28.3. The number of H-pyrrole nitrogens is 1. The van der Waals surface area contributed by atoms with E-state index >= 15 is 0 Å². The molecule has 0 radical (unpaired) electrons. The summed E-state index contributed by atoms with van der Waals surface area (Å²) in [4.78, 5) is 21.4. The van der Waals surface area contributed by atoms with Gasteiger partial charge in [-0.05, 0) is 63.8 Å². The minimum Gasteiger partial charge on any atom is -0.493 e. The second-order valence-corrected chi connectivity index (χ2v) is 10.4. The van der Waals surface area contributed by atoms with E-state index in [1.54, 1.807) is 6.92 Å². The number of likely N-dealkylation sites (tertiary alicyclic amines) is 1. The van der Waals surface area contributed by atoms with Crippen LogP contribution in [0.4, 0.5) is 0 Å². The van der Waals surface area contributed by atoms with Crippen LogP contribution in [0.5, 0.6) is 5.75 Å². The predicted molar refractivity (Wildman–Crippen MR) is 140 cm³/mol. The van der Waals surface area contributed by atoms with Crippen LogP contribution in [-0.4, -0.2) is 65.8 Å². The van der Waals surface area contributed by atoms with E-state index in [1.807, 2.05) is 6.92 Å². The highest BCUT2D eigenvalue weighted by Crippen LogP contribution is 2.31. The first-order chi connectivity index (χ1) is 20.4.